The molecule has 0 aromatic carbocycles. The lowest BCUT2D eigenvalue weighted by atomic mass is 10.1. The Bertz CT molecular complexity index is 364. The van der Waals surface area contributed by atoms with Crippen LogP contribution in [0.1, 0.15) is 24.2 Å². The van der Waals surface area contributed by atoms with Gasteiger partial charge in [0, 0.05) is 18.3 Å². The number of carbonyl (C=O) groups excluding carboxylic acids is 1. The monoisotopic (exact) mass is 233 g/mol. The van der Waals surface area contributed by atoms with E-state index in [4.69, 9.17) is 11.6 Å². The molecule has 2 atom stereocenters. The summed E-state index contributed by atoms with van der Waals surface area (Å²) >= 11 is 5.01. The van der Waals surface area contributed by atoms with Gasteiger partial charge in [-0.15, -0.1) is 0 Å². The average Bonchev–Trinajstić information content (AvgIpc) is 2.47. The van der Waals surface area contributed by atoms with E-state index in [-0.39, 0.29) is 6.04 Å². The maximum atomic E-state index is 12.4. The predicted molar refractivity (Wildman–Crippen MR) is 55.3 cm³/mol. The molecule has 0 aliphatic heterocycles. The van der Waals surface area contributed by atoms with Gasteiger partial charge in [-0.2, -0.15) is 5.10 Å². The lowest BCUT2D eigenvalue weighted by Crippen LogP contribution is -2.31. The van der Waals surface area contributed by atoms with Crippen molar-refractivity contribution in [2.75, 3.05) is 0 Å². The van der Waals surface area contributed by atoms with Crippen LogP contribution < -0.4 is 5.32 Å². The van der Waals surface area contributed by atoms with Gasteiger partial charge in [-0.05, 0) is 13.8 Å². The van der Waals surface area contributed by atoms with Crippen molar-refractivity contribution in [3.8, 4) is 0 Å². The highest BCUT2D eigenvalue weighted by Crippen LogP contribution is 2.16. The maximum absolute atomic E-state index is 12.4. The van der Waals surface area contributed by atoms with Crippen molar-refractivity contribution in [3.05, 3.63) is 17.5 Å². The van der Waals surface area contributed by atoms with Crippen LogP contribution in [0.3, 0.4) is 0 Å². The molecule has 1 rings (SSSR count). The molecule has 1 heterocycles. The molecule has 84 valence electrons. The van der Waals surface area contributed by atoms with Gasteiger partial charge in [-0.1, -0.05) is 11.6 Å². The van der Waals surface area contributed by atoms with E-state index in [0.717, 1.165) is 11.3 Å². The summed E-state index contributed by atoms with van der Waals surface area (Å²) in [7, 11) is 1.80. The van der Waals surface area contributed by atoms with E-state index >= 15 is 0 Å². The summed E-state index contributed by atoms with van der Waals surface area (Å²) in [6.07, 6.45) is 1.64. The van der Waals surface area contributed by atoms with E-state index < -0.39 is 11.5 Å². The van der Waals surface area contributed by atoms with E-state index in [2.05, 4.69) is 10.4 Å². The van der Waals surface area contributed by atoms with Crippen molar-refractivity contribution >= 4 is 17.5 Å². The molecule has 2 unspecified atom stereocenters. The van der Waals surface area contributed by atoms with Gasteiger partial charge in [0.1, 0.15) is 0 Å². The van der Waals surface area contributed by atoms with Crippen molar-refractivity contribution in [1.82, 2.24) is 15.1 Å². The van der Waals surface area contributed by atoms with Crippen molar-refractivity contribution < 1.29 is 9.18 Å². The normalized spacial score (nSPS) is 14.7. The molecule has 1 amide bonds. The first kappa shape index (κ1) is 12.0. The second-order valence-electron chi connectivity index (χ2n) is 3.34. The van der Waals surface area contributed by atoms with Gasteiger partial charge >= 0.3 is 0 Å². The number of aromatic nitrogens is 2. The van der Waals surface area contributed by atoms with E-state index in [9.17, 15) is 9.18 Å². The Kier molecular flexibility index (Phi) is 3.68. The minimum atomic E-state index is -2.01. The van der Waals surface area contributed by atoms with Crippen LogP contribution in [-0.2, 0) is 11.8 Å². The van der Waals surface area contributed by atoms with Crippen LogP contribution in [0.25, 0.3) is 0 Å². The molecular formula is C9H13ClFN3O. The van der Waals surface area contributed by atoms with Gasteiger partial charge in [-0.3, -0.25) is 9.48 Å². The minimum Gasteiger partial charge on any atom is -0.346 e. The Morgan fingerprint density at radius 3 is 2.73 bits per heavy atom. The molecule has 15 heavy (non-hydrogen) atoms. The molecule has 1 aromatic rings. The third-order valence-electron chi connectivity index (χ3n) is 2.30. The largest absolute Gasteiger partial charge is 0.346 e. The smallest absolute Gasteiger partial charge is 0.270 e. The van der Waals surface area contributed by atoms with Crippen LogP contribution >= 0.6 is 11.6 Å². The standard InChI is InChI=1S/C9H13ClFN3O/c1-5(13-9(15)8(10)11)7-4-12-14(3)6(7)2/h4-5,8H,1-3H3,(H,13,15). The molecule has 6 heteroatoms. The Morgan fingerprint density at radius 2 is 2.33 bits per heavy atom. The van der Waals surface area contributed by atoms with Crippen molar-refractivity contribution in [1.29, 1.82) is 0 Å². The highest BCUT2D eigenvalue weighted by atomic mass is 35.5. The molecule has 1 aromatic heterocycles. The lowest BCUT2D eigenvalue weighted by Gasteiger charge is -2.13. The van der Waals surface area contributed by atoms with Crippen LogP contribution in [0, 0.1) is 6.92 Å². The number of carbonyl (C=O) groups is 1. The molecule has 0 saturated heterocycles. The second-order valence-corrected chi connectivity index (χ2v) is 3.72. The first-order valence-electron chi connectivity index (χ1n) is 4.50. The fourth-order valence-corrected chi connectivity index (χ4v) is 1.36. The van der Waals surface area contributed by atoms with Crippen molar-refractivity contribution in [3.63, 3.8) is 0 Å². The number of hydrogen-bond donors (Lipinski definition) is 1. The highest BCUT2D eigenvalue weighted by Gasteiger charge is 2.18. The molecular weight excluding hydrogens is 221 g/mol. The molecule has 0 bridgehead atoms. The van der Waals surface area contributed by atoms with Gasteiger partial charge in [-0.25, -0.2) is 4.39 Å². The third kappa shape index (κ3) is 2.68. The Balaban J connectivity index is 2.73. The van der Waals surface area contributed by atoms with Crippen LogP contribution in [0.15, 0.2) is 6.20 Å². The van der Waals surface area contributed by atoms with Crippen LogP contribution in [0.5, 0.6) is 0 Å². The summed E-state index contributed by atoms with van der Waals surface area (Å²) in [6.45, 7) is 3.62. The van der Waals surface area contributed by atoms with E-state index in [1.54, 1.807) is 24.9 Å². The first-order valence-corrected chi connectivity index (χ1v) is 4.94. The lowest BCUT2D eigenvalue weighted by molar-refractivity contribution is -0.124. The summed E-state index contributed by atoms with van der Waals surface area (Å²) in [5, 5.41) is 6.48. The number of halogens is 2. The predicted octanol–water partition coefficient (Wildman–Crippen LogP) is 1.44. The maximum Gasteiger partial charge on any atom is 0.270 e. The van der Waals surface area contributed by atoms with Gasteiger partial charge in [0.05, 0.1) is 12.2 Å². The Labute approximate surface area is 92.4 Å². The summed E-state index contributed by atoms with van der Waals surface area (Å²) in [5.41, 5.74) is -0.236. The summed E-state index contributed by atoms with van der Waals surface area (Å²) in [5.74, 6) is -0.826. The van der Waals surface area contributed by atoms with E-state index in [1.807, 2.05) is 6.92 Å². The van der Waals surface area contributed by atoms with Crippen LogP contribution in [0.2, 0.25) is 0 Å². The van der Waals surface area contributed by atoms with Gasteiger partial charge in [0.15, 0.2) is 0 Å². The molecule has 4 nitrogen and oxygen atoms in total. The molecule has 1 N–H and O–H groups in total. The Hall–Kier alpha value is -1.10. The minimum absolute atomic E-state index is 0.303. The molecule has 0 aliphatic rings. The van der Waals surface area contributed by atoms with Crippen molar-refractivity contribution in [2.24, 2.45) is 7.05 Å². The zero-order valence-electron chi connectivity index (χ0n) is 8.79. The van der Waals surface area contributed by atoms with Crippen LogP contribution in [0.4, 0.5) is 4.39 Å². The average molecular weight is 234 g/mol. The molecule has 0 fully saturated rings. The number of alkyl halides is 2. The second kappa shape index (κ2) is 4.61. The van der Waals surface area contributed by atoms with E-state index in [1.165, 1.54) is 0 Å². The molecule has 0 saturated carbocycles. The topological polar surface area (TPSA) is 46.9 Å². The SMILES string of the molecule is Cc1c(C(C)NC(=O)C(F)Cl)cnn1C. The molecule has 0 spiro atoms. The first-order chi connectivity index (χ1) is 6.93. The fraction of sp³-hybridized carbons (Fsp3) is 0.556. The number of amides is 1. The van der Waals surface area contributed by atoms with Gasteiger partial charge in [0.2, 0.25) is 0 Å². The van der Waals surface area contributed by atoms with E-state index in [0.29, 0.717) is 0 Å². The van der Waals surface area contributed by atoms with Gasteiger partial charge < -0.3 is 5.32 Å². The number of hydrogen-bond acceptors (Lipinski definition) is 2. The number of nitrogens with zero attached hydrogens (tertiary/aromatic N) is 2. The fourth-order valence-electron chi connectivity index (χ4n) is 1.29. The van der Waals surface area contributed by atoms with Gasteiger partial charge in [0.25, 0.3) is 11.5 Å². The number of aryl methyl sites for hydroxylation is 1. The molecule has 0 radical (unpaired) electrons. The molecule has 0 aliphatic carbocycles. The highest BCUT2D eigenvalue weighted by molar-refractivity contribution is 6.29. The number of nitrogens with one attached hydrogen (secondary N) is 1. The van der Waals surface area contributed by atoms with Crippen LogP contribution in [-0.4, -0.2) is 21.3 Å². The summed E-state index contributed by atoms with van der Waals surface area (Å²) in [6, 6.07) is -0.303. The quantitative estimate of drug-likeness (QED) is 0.804. The summed E-state index contributed by atoms with van der Waals surface area (Å²) < 4.78 is 14.1. The zero-order chi connectivity index (χ0) is 11.6. The van der Waals surface area contributed by atoms with Crippen molar-refractivity contribution in [2.45, 2.75) is 25.5 Å². The zero-order valence-corrected chi connectivity index (χ0v) is 9.55. The number of rotatable bonds is 3. The summed E-state index contributed by atoms with van der Waals surface area (Å²) in [4.78, 5) is 11.0. The third-order valence-corrected chi connectivity index (χ3v) is 2.49. The Morgan fingerprint density at radius 1 is 1.73 bits per heavy atom.